The fourth-order valence-electron chi connectivity index (χ4n) is 4.73. The lowest BCUT2D eigenvalue weighted by Crippen LogP contribution is -2.44. The quantitative estimate of drug-likeness (QED) is 0.717. The number of aliphatic imine (C=N–C) groups is 1. The van der Waals surface area contributed by atoms with Crippen molar-refractivity contribution in [3.63, 3.8) is 0 Å². The number of carbonyl (C=O) groups excluding carboxylic acids is 1. The van der Waals surface area contributed by atoms with E-state index in [9.17, 15) is 14.7 Å². The molecule has 8 nitrogen and oxygen atoms in total. The number of amides is 2. The molecular weight excluding hydrogens is 432 g/mol. The number of para-hydroxylation sites is 1. The van der Waals surface area contributed by atoms with Crippen LogP contribution in [0.5, 0.6) is 5.75 Å². The smallest absolute Gasteiger partial charge is 0.326 e. The second-order valence-electron chi connectivity index (χ2n) is 8.99. The van der Waals surface area contributed by atoms with E-state index < -0.39 is 5.97 Å². The van der Waals surface area contributed by atoms with Crippen LogP contribution >= 0.6 is 0 Å². The molecule has 1 fully saturated rings. The average Bonchev–Trinajstić information content (AvgIpc) is 3.35. The first-order chi connectivity index (χ1) is 16.5. The van der Waals surface area contributed by atoms with Gasteiger partial charge in [0.25, 0.3) is 0 Å². The second kappa shape index (κ2) is 9.30. The Labute approximate surface area is 198 Å². The number of urea groups is 1. The maximum Gasteiger partial charge on any atom is 0.326 e. The lowest BCUT2D eigenvalue weighted by atomic mass is 10.0. The Morgan fingerprint density at radius 1 is 1.15 bits per heavy atom. The monoisotopic (exact) mass is 460 g/mol. The van der Waals surface area contributed by atoms with Crippen LogP contribution in [0.2, 0.25) is 0 Å². The minimum atomic E-state index is -0.728. The fraction of sp³-hybridized carbons (Fsp3) is 0.346. The third-order valence-electron chi connectivity index (χ3n) is 6.55. The number of carboxylic acids is 1. The minimum Gasteiger partial charge on any atom is -0.487 e. The Bertz CT molecular complexity index is 1150. The number of dihydropyridines is 1. The number of anilines is 2. The maximum atomic E-state index is 13.0. The summed E-state index contributed by atoms with van der Waals surface area (Å²) in [4.78, 5) is 32.8. The van der Waals surface area contributed by atoms with E-state index in [0.717, 1.165) is 35.5 Å². The van der Waals surface area contributed by atoms with Gasteiger partial charge in [-0.1, -0.05) is 30.3 Å². The number of nitrogens with one attached hydrogen (secondary N) is 1. The van der Waals surface area contributed by atoms with Crippen LogP contribution in [0.4, 0.5) is 16.2 Å². The van der Waals surface area contributed by atoms with Gasteiger partial charge in [0.05, 0.1) is 18.2 Å². The van der Waals surface area contributed by atoms with Crippen molar-refractivity contribution in [1.29, 1.82) is 0 Å². The number of rotatable bonds is 4. The first-order valence-electron chi connectivity index (χ1n) is 11.6. The Morgan fingerprint density at radius 3 is 2.68 bits per heavy atom. The van der Waals surface area contributed by atoms with Gasteiger partial charge in [-0.2, -0.15) is 0 Å². The summed E-state index contributed by atoms with van der Waals surface area (Å²) in [6, 6.07) is 15.1. The van der Waals surface area contributed by atoms with Crippen LogP contribution < -0.4 is 15.0 Å². The zero-order chi connectivity index (χ0) is 23.7. The highest BCUT2D eigenvalue weighted by molar-refractivity contribution is 6.11. The Morgan fingerprint density at radius 2 is 1.97 bits per heavy atom. The van der Waals surface area contributed by atoms with Crippen LogP contribution in [0.15, 0.2) is 59.6 Å². The third-order valence-corrected chi connectivity index (χ3v) is 6.55. The number of carboxylic acid groups (broad SMARTS) is 1. The van der Waals surface area contributed by atoms with Gasteiger partial charge in [0.2, 0.25) is 0 Å². The predicted molar refractivity (Wildman–Crippen MR) is 132 cm³/mol. The van der Waals surface area contributed by atoms with Gasteiger partial charge in [-0.15, -0.1) is 0 Å². The zero-order valence-corrected chi connectivity index (χ0v) is 19.1. The highest BCUT2D eigenvalue weighted by Crippen LogP contribution is 2.37. The molecule has 8 heteroatoms. The molecule has 2 aromatic rings. The molecule has 2 amide bonds. The van der Waals surface area contributed by atoms with Crippen molar-refractivity contribution in [2.45, 2.75) is 32.0 Å². The van der Waals surface area contributed by atoms with Gasteiger partial charge < -0.3 is 15.2 Å². The topological polar surface area (TPSA) is 94.5 Å². The number of ether oxygens (including phenoxy) is 1. The first-order valence-corrected chi connectivity index (χ1v) is 11.6. The Kier molecular flexibility index (Phi) is 6.06. The number of fused-ring (bicyclic) bond motifs is 1. The molecule has 3 unspecified atom stereocenters. The van der Waals surface area contributed by atoms with Crippen molar-refractivity contribution in [3.05, 3.63) is 60.2 Å². The molecule has 0 aromatic heterocycles. The largest absolute Gasteiger partial charge is 0.487 e. The van der Waals surface area contributed by atoms with E-state index in [-0.39, 0.29) is 24.2 Å². The van der Waals surface area contributed by atoms with E-state index in [1.807, 2.05) is 61.7 Å². The fourth-order valence-corrected chi connectivity index (χ4v) is 4.73. The van der Waals surface area contributed by atoms with Crippen molar-refractivity contribution in [3.8, 4) is 5.75 Å². The van der Waals surface area contributed by atoms with E-state index in [1.54, 1.807) is 4.90 Å². The zero-order valence-electron chi connectivity index (χ0n) is 19.1. The van der Waals surface area contributed by atoms with Gasteiger partial charge in [0.15, 0.2) is 0 Å². The van der Waals surface area contributed by atoms with Crippen molar-refractivity contribution in [1.82, 2.24) is 4.90 Å². The molecule has 176 valence electrons. The molecule has 2 aromatic carbocycles. The number of benzene rings is 2. The van der Waals surface area contributed by atoms with E-state index in [4.69, 9.17) is 9.73 Å². The molecule has 5 rings (SSSR count). The summed E-state index contributed by atoms with van der Waals surface area (Å²) in [7, 11) is 0. The van der Waals surface area contributed by atoms with Crippen LogP contribution in [-0.2, 0) is 4.79 Å². The lowest BCUT2D eigenvalue weighted by molar-refractivity contribution is -0.141. The van der Waals surface area contributed by atoms with Gasteiger partial charge in [-0.3, -0.25) is 19.6 Å². The number of likely N-dealkylation sites (tertiary alicyclic amines) is 1. The van der Waals surface area contributed by atoms with Crippen LogP contribution in [0, 0.1) is 5.92 Å². The SMILES string of the molecule is CC1CN(C(=O)Nc2ccccc2)c2ccc(C3=CCC(N4CCC(C(=O)O)C4)N=C3)cc2O1. The average molecular weight is 461 g/mol. The van der Waals surface area contributed by atoms with Gasteiger partial charge in [0, 0.05) is 31.4 Å². The first kappa shape index (κ1) is 22.2. The van der Waals surface area contributed by atoms with Crippen molar-refractivity contribution >= 4 is 35.2 Å². The Balaban J connectivity index is 1.30. The minimum absolute atomic E-state index is 0.0147. The molecule has 3 heterocycles. The molecule has 3 aliphatic rings. The molecule has 0 aliphatic carbocycles. The summed E-state index contributed by atoms with van der Waals surface area (Å²) < 4.78 is 6.07. The highest BCUT2D eigenvalue weighted by atomic mass is 16.5. The molecule has 3 atom stereocenters. The van der Waals surface area contributed by atoms with Gasteiger partial charge in [-0.05, 0) is 48.7 Å². The molecule has 0 spiro atoms. The van der Waals surface area contributed by atoms with E-state index in [0.29, 0.717) is 25.3 Å². The summed E-state index contributed by atoms with van der Waals surface area (Å²) >= 11 is 0. The summed E-state index contributed by atoms with van der Waals surface area (Å²) in [5.74, 6) is -0.365. The number of hydrogen-bond donors (Lipinski definition) is 2. The number of carbonyl (C=O) groups is 2. The molecule has 0 saturated carbocycles. The molecule has 2 N–H and O–H groups in total. The third kappa shape index (κ3) is 4.54. The predicted octanol–water partition coefficient (Wildman–Crippen LogP) is 4.10. The van der Waals surface area contributed by atoms with E-state index >= 15 is 0 Å². The normalized spacial score (nSPS) is 24.2. The summed E-state index contributed by atoms with van der Waals surface area (Å²) in [5.41, 5.74) is 3.45. The maximum absolute atomic E-state index is 13.0. The van der Waals surface area contributed by atoms with Crippen molar-refractivity contribution in [2.24, 2.45) is 10.9 Å². The number of aliphatic carboxylic acids is 1. The number of hydrogen-bond acceptors (Lipinski definition) is 5. The molecule has 1 saturated heterocycles. The van der Waals surface area contributed by atoms with Crippen LogP contribution in [0.3, 0.4) is 0 Å². The van der Waals surface area contributed by atoms with Gasteiger partial charge in [-0.25, -0.2) is 4.79 Å². The summed E-state index contributed by atoms with van der Waals surface area (Å²) in [6.45, 7) is 3.72. The Hall–Kier alpha value is -3.65. The summed E-state index contributed by atoms with van der Waals surface area (Å²) in [6.07, 6.45) is 5.25. The van der Waals surface area contributed by atoms with Crippen LogP contribution in [0.25, 0.3) is 5.57 Å². The van der Waals surface area contributed by atoms with Crippen LogP contribution in [0.1, 0.15) is 25.3 Å². The second-order valence-corrected chi connectivity index (χ2v) is 8.99. The highest BCUT2D eigenvalue weighted by Gasteiger charge is 2.32. The lowest BCUT2D eigenvalue weighted by Gasteiger charge is -2.34. The summed E-state index contributed by atoms with van der Waals surface area (Å²) in [5, 5.41) is 12.2. The molecule has 3 aliphatic heterocycles. The van der Waals surface area contributed by atoms with Crippen molar-refractivity contribution in [2.75, 3.05) is 29.9 Å². The molecule has 34 heavy (non-hydrogen) atoms. The molecule has 0 radical (unpaired) electrons. The van der Waals surface area contributed by atoms with E-state index in [1.165, 1.54) is 0 Å². The standard InChI is InChI=1S/C26H28N4O4/c1-17-15-30(26(33)28-21-5-3-2-4-6-21)22-9-7-18(13-23(22)34-17)19-8-10-24(27-14-19)29-12-11-20(16-29)25(31)32/h2-9,13-14,17,20,24H,10-12,15-16H2,1H3,(H,28,33)(H,31,32). The van der Waals surface area contributed by atoms with Gasteiger partial charge in [0.1, 0.15) is 18.0 Å². The van der Waals surface area contributed by atoms with E-state index in [2.05, 4.69) is 16.3 Å². The van der Waals surface area contributed by atoms with Gasteiger partial charge >= 0.3 is 12.0 Å². The van der Waals surface area contributed by atoms with Crippen molar-refractivity contribution < 1.29 is 19.4 Å². The van der Waals surface area contributed by atoms with Crippen LogP contribution in [-0.4, -0.2) is 60.1 Å². The molecular formula is C26H28N4O4. The molecule has 0 bridgehead atoms. The number of allylic oxidation sites excluding steroid dienone is 1. The number of nitrogens with zero attached hydrogens (tertiary/aromatic N) is 3.